The van der Waals surface area contributed by atoms with E-state index in [4.69, 9.17) is 14.2 Å². The number of pyridine rings is 1. The summed E-state index contributed by atoms with van der Waals surface area (Å²) in [7, 11) is 1.55. The molecule has 2 amide bonds. The van der Waals surface area contributed by atoms with Gasteiger partial charge in [0.2, 0.25) is 6.79 Å². The van der Waals surface area contributed by atoms with Gasteiger partial charge in [-0.3, -0.25) is 14.6 Å². The maximum atomic E-state index is 12.4. The molecule has 0 aliphatic carbocycles. The van der Waals surface area contributed by atoms with Crippen molar-refractivity contribution in [2.24, 2.45) is 0 Å². The van der Waals surface area contributed by atoms with Crippen molar-refractivity contribution in [3.05, 3.63) is 47.8 Å². The van der Waals surface area contributed by atoms with Gasteiger partial charge in [0, 0.05) is 37.8 Å². The molecule has 3 rings (SSSR count). The van der Waals surface area contributed by atoms with E-state index in [0.29, 0.717) is 35.9 Å². The number of ether oxygens (including phenoxy) is 3. The zero-order valence-corrected chi connectivity index (χ0v) is 13.6. The average Bonchev–Trinajstić information content (AvgIpc) is 3.09. The van der Waals surface area contributed by atoms with Gasteiger partial charge in [-0.15, -0.1) is 0 Å². The number of fused-ring (bicyclic) bond motifs is 1. The van der Waals surface area contributed by atoms with Crippen LogP contribution in [0.2, 0.25) is 0 Å². The molecule has 25 heavy (non-hydrogen) atoms. The molecule has 1 aromatic carbocycles. The summed E-state index contributed by atoms with van der Waals surface area (Å²) in [6, 6.07) is 6.59. The lowest BCUT2D eigenvalue weighted by atomic mass is 10.1. The highest BCUT2D eigenvalue weighted by molar-refractivity contribution is 6.06. The quantitative estimate of drug-likeness (QED) is 0.770. The molecule has 0 saturated heterocycles. The summed E-state index contributed by atoms with van der Waals surface area (Å²) in [5.41, 5.74) is 1.13. The lowest BCUT2D eigenvalue weighted by molar-refractivity contribution is 0.0936. The number of rotatable bonds is 6. The summed E-state index contributed by atoms with van der Waals surface area (Å²) in [6.07, 6.45) is 2.80. The second-order valence-corrected chi connectivity index (χ2v) is 5.23. The Labute approximate surface area is 144 Å². The lowest BCUT2D eigenvalue weighted by Crippen LogP contribution is -2.27. The number of anilines is 1. The van der Waals surface area contributed by atoms with E-state index in [9.17, 15) is 9.59 Å². The second kappa shape index (κ2) is 7.63. The van der Waals surface area contributed by atoms with E-state index in [1.165, 1.54) is 18.5 Å². The molecular weight excluding hydrogens is 326 g/mol. The van der Waals surface area contributed by atoms with Crippen LogP contribution in [0.5, 0.6) is 11.5 Å². The van der Waals surface area contributed by atoms with Gasteiger partial charge in [-0.25, -0.2) is 0 Å². The molecule has 2 aromatic rings. The number of amides is 2. The summed E-state index contributed by atoms with van der Waals surface area (Å²) in [5.74, 6) is 0.511. The first-order chi connectivity index (χ1) is 12.2. The van der Waals surface area contributed by atoms with Crippen LogP contribution in [0.4, 0.5) is 5.69 Å². The van der Waals surface area contributed by atoms with Gasteiger partial charge in [0.15, 0.2) is 11.5 Å². The van der Waals surface area contributed by atoms with Crippen LogP contribution >= 0.6 is 0 Å². The van der Waals surface area contributed by atoms with Gasteiger partial charge in [-0.05, 0) is 18.2 Å². The maximum Gasteiger partial charge on any atom is 0.257 e. The van der Waals surface area contributed by atoms with Crippen molar-refractivity contribution in [2.45, 2.75) is 0 Å². The molecule has 0 fully saturated rings. The highest BCUT2D eigenvalue weighted by atomic mass is 16.7. The molecule has 8 nitrogen and oxygen atoms in total. The molecule has 1 aliphatic heterocycles. The third-order valence-corrected chi connectivity index (χ3v) is 3.48. The Bertz CT molecular complexity index is 794. The smallest absolute Gasteiger partial charge is 0.257 e. The third-order valence-electron chi connectivity index (χ3n) is 3.48. The van der Waals surface area contributed by atoms with Crippen molar-refractivity contribution >= 4 is 17.5 Å². The van der Waals surface area contributed by atoms with E-state index in [2.05, 4.69) is 15.6 Å². The first-order valence-corrected chi connectivity index (χ1v) is 7.60. The Morgan fingerprint density at radius 3 is 2.68 bits per heavy atom. The van der Waals surface area contributed by atoms with Gasteiger partial charge in [-0.1, -0.05) is 0 Å². The Balaban J connectivity index is 1.68. The molecule has 0 radical (unpaired) electrons. The van der Waals surface area contributed by atoms with Gasteiger partial charge in [0.1, 0.15) is 0 Å². The highest BCUT2D eigenvalue weighted by Gasteiger charge is 2.15. The minimum Gasteiger partial charge on any atom is -0.454 e. The standard InChI is InChI=1S/C17H17N3O5/c1-23-5-4-19-16(21)11-6-12(9-18-8-11)17(22)20-13-2-3-14-15(7-13)25-10-24-14/h2-3,6-9H,4-5,10H2,1H3,(H,19,21)(H,20,22). The fraction of sp³-hybridized carbons (Fsp3) is 0.235. The molecule has 0 bridgehead atoms. The fourth-order valence-corrected chi connectivity index (χ4v) is 2.23. The van der Waals surface area contributed by atoms with E-state index in [-0.39, 0.29) is 24.2 Å². The Hall–Kier alpha value is -3.13. The van der Waals surface area contributed by atoms with Crippen molar-refractivity contribution in [3.8, 4) is 11.5 Å². The third kappa shape index (κ3) is 4.04. The van der Waals surface area contributed by atoms with Crippen LogP contribution in [0.15, 0.2) is 36.7 Å². The molecule has 0 unspecified atom stereocenters. The first kappa shape index (κ1) is 16.7. The lowest BCUT2D eigenvalue weighted by Gasteiger charge is -2.08. The molecular formula is C17H17N3O5. The van der Waals surface area contributed by atoms with Crippen LogP contribution in [0.3, 0.4) is 0 Å². The van der Waals surface area contributed by atoms with Crippen LogP contribution in [-0.4, -0.2) is 43.9 Å². The molecule has 1 aliphatic rings. The zero-order valence-electron chi connectivity index (χ0n) is 13.6. The van der Waals surface area contributed by atoms with Gasteiger partial charge in [-0.2, -0.15) is 0 Å². The van der Waals surface area contributed by atoms with Crippen molar-refractivity contribution in [2.75, 3.05) is 32.4 Å². The van der Waals surface area contributed by atoms with E-state index in [0.717, 1.165) is 0 Å². The van der Waals surface area contributed by atoms with Crippen molar-refractivity contribution in [1.29, 1.82) is 0 Å². The fourth-order valence-electron chi connectivity index (χ4n) is 2.23. The van der Waals surface area contributed by atoms with Crippen LogP contribution in [0.1, 0.15) is 20.7 Å². The number of carbonyl (C=O) groups is 2. The van der Waals surface area contributed by atoms with E-state index in [1.54, 1.807) is 25.3 Å². The Kier molecular flexibility index (Phi) is 5.10. The number of benzene rings is 1. The van der Waals surface area contributed by atoms with Gasteiger partial charge in [0.05, 0.1) is 17.7 Å². The number of nitrogens with one attached hydrogen (secondary N) is 2. The number of methoxy groups -OCH3 is 1. The van der Waals surface area contributed by atoms with Crippen molar-refractivity contribution in [3.63, 3.8) is 0 Å². The van der Waals surface area contributed by atoms with Crippen LogP contribution in [-0.2, 0) is 4.74 Å². The Morgan fingerprint density at radius 1 is 1.12 bits per heavy atom. The number of nitrogens with zero attached hydrogens (tertiary/aromatic N) is 1. The van der Waals surface area contributed by atoms with Crippen LogP contribution in [0.25, 0.3) is 0 Å². The minimum atomic E-state index is -0.377. The molecule has 1 aromatic heterocycles. The normalized spacial score (nSPS) is 11.9. The summed E-state index contributed by atoms with van der Waals surface area (Å²) in [4.78, 5) is 28.3. The predicted molar refractivity (Wildman–Crippen MR) is 89.0 cm³/mol. The summed E-state index contributed by atoms with van der Waals surface area (Å²) < 4.78 is 15.4. The Morgan fingerprint density at radius 2 is 1.88 bits per heavy atom. The van der Waals surface area contributed by atoms with Crippen molar-refractivity contribution < 1.29 is 23.8 Å². The van der Waals surface area contributed by atoms with Gasteiger partial charge < -0.3 is 24.8 Å². The van der Waals surface area contributed by atoms with Gasteiger partial charge in [0.25, 0.3) is 11.8 Å². The maximum absolute atomic E-state index is 12.4. The highest BCUT2D eigenvalue weighted by Crippen LogP contribution is 2.34. The molecule has 2 N–H and O–H groups in total. The topological polar surface area (TPSA) is 98.8 Å². The molecule has 8 heteroatoms. The summed E-state index contributed by atoms with van der Waals surface area (Å²) in [6.45, 7) is 0.948. The largest absolute Gasteiger partial charge is 0.454 e. The summed E-state index contributed by atoms with van der Waals surface area (Å²) in [5, 5.41) is 5.42. The molecule has 2 heterocycles. The van der Waals surface area contributed by atoms with Crippen molar-refractivity contribution in [1.82, 2.24) is 10.3 Å². The van der Waals surface area contributed by atoms with E-state index >= 15 is 0 Å². The van der Waals surface area contributed by atoms with E-state index in [1.807, 2.05) is 0 Å². The van der Waals surface area contributed by atoms with Crippen LogP contribution in [0, 0.1) is 0 Å². The molecule has 0 saturated carbocycles. The van der Waals surface area contributed by atoms with Crippen LogP contribution < -0.4 is 20.1 Å². The number of hydrogen-bond donors (Lipinski definition) is 2. The predicted octanol–water partition coefficient (Wildman–Crippen LogP) is 1.44. The SMILES string of the molecule is COCCNC(=O)c1cncc(C(=O)Nc2ccc3c(c2)OCO3)c1. The average molecular weight is 343 g/mol. The minimum absolute atomic E-state index is 0.164. The number of hydrogen-bond acceptors (Lipinski definition) is 6. The monoisotopic (exact) mass is 343 g/mol. The molecule has 0 spiro atoms. The van der Waals surface area contributed by atoms with E-state index < -0.39 is 0 Å². The first-order valence-electron chi connectivity index (χ1n) is 7.60. The molecule has 130 valence electrons. The molecule has 0 atom stereocenters. The van der Waals surface area contributed by atoms with Gasteiger partial charge >= 0.3 is 0 Å². The number of aromatic nitrogens is 1. The summed E-state index contributed by atoms with van der Waals surface area (Å²) >= 11 is 0. The second-order valence-electron chi connectivity index (χ2n) is 5.23. The number of carbonyl (C=O) groups excluding carboxylic acids is 2. The zero-order chi connectivity index (χ0) is 17.6.